The molecule has 29 heavy (non-hydrogen) atoms. The second kappa shape index (κ2) is 7.77. The van der Waals surface area contributed by atoms with Crippen LogP contribution in [0.4, 0.5) is 0 Å². The molecule has 0 aliphatic heterocycles. The summed E-state index contributed by atoms with van der Waals surface area (Å²) in [5, 5.41) is 14.6. The molecule has 4 saturated carbocycles. The maximum atomic E-state index is 13.6. The highest BCUT2D eigenvalue weighted by Gasteiger charge is 2.64. The smallest absolute Gasteiger partial charge is 0.142 e. The molecule has 4 fully saturated rings. The molecule has 0 heterocycles. The molecule has 4 aliphatic carbocycles. The van der Waals surface area contributed by atoms with E-state index in [0.717, 1.165) is 50.7 Å². The number of carbonyl (C=O) groups excluding carboxylic acids is 2. The van der Waals surface area contributed by atoms with Crippen molar-refractivity contribution in [3.63, 3.8) is 0 Å². The minimum absolute atomic E-state index is 0.00915. The van der Waals surface area contributed by atoms with Crippen LogP contribution in [0.5, 0.6) is 0 Å². The molecule has 0 saturated heterocycles. The summed E-state index contributed by atoms with van der Waals surface area (Å²) in [7, 11) is 0. The normalized spacial score (nSPS) is 45.7. The van der Waals surface area contributed by atoms with Gasteiger partial charge in [-0.1, -0.05) is 19.0 Å². The number of aliphatic hydroxyl groups excluding tert-OH is 1. The Morgan fingerprint density at radius 1 is 1.14 bits per heavy atom. The van der Waals surface area contributed by atoms with Crippen molar-refractivity contribution in [2.45, 2.75) is 65.2 Å². The van der Waals surface area contributed by atoms with Crippen molar-refractivity contribution in [3.8, 4) is 0 Å². The standard InChI is InChI=1S/C23H36N2O4/c1-22-8-6-14(25-29-11-3-10-24)12-18(22)15(13-26)21(28)20-16-4-5-19(27)23(16,2)9-7-17(20)22/h15-18,20,26H,3-13,24H2,1-2H3/b25-14-/t15-,16+,17+,18?,20+,22-,23+/m1/s1. The zero-order valence-electron chi connectivity index (χ0n) is 17.9. The predicted octanol–water partition coefficient (Wildman–Crippen LogP) is 2.72. The number of oxime groups is 1. The zero-order chi connectivity index (χ0) is 20.8. The van der Waals surface area contributed by atoms with Crippen LogP contribution in [0.25, 0.3) is 0 Å². The molecule has 0 spiro atoms. The molecule has 0 bridgehead atoms. The average Bonchev–Trinajstić information content (AvgIpc) is 3.01. The Labute approximate surface area is 173 Å². The van der Waals surface area contributed by atoms with Crippen LogP contribution in [-0.2, 0) is 14.4 Å². The van der Waals surface area contributed by atoms with E-state index in [2.05, 4.69) is 19.0 Å². The van der Waals surface area contributed by atoms with Crippen molar-refractivity contribution in [2.24, 2.45) is 51.3 Å². The molecule has 1 unspecified atom stereocenters. The number of Topliss-reactive ketones (excluding diaryl/α,β-unsaturated/α-hetero) is 2. The van der Waals surface area contributed by atoms with Crippen LogP contribution >= 0.6 is 0 Å². The van der Waals surface area contributed by atoms with Gasteiger partial charge in [-0.3, -0.25) is 9.59 Å². The summed E-state index contributed by atoms with van der Waals surface area (Å²) in [6.07, 6.45) is 6.64. The van der Waals surface area contributed by atoms with E-state index in [1.807, 2.05) is 0 Å². The number of fused-ring (bicyclic) bond motifs is 5. The van der Waals surface area contributed by atoms with Crippen LogP contribution in [0.3, 0.4) is 0 Å². The highest BCUT2D eigenvalue weighted by atomic mass is 16.6. The Balaban J connectivity index is 1.61. The van der Waals surface area contributed by atoms with E-state index < -0.39 is 0 Å². The molecule has 6 heteroatoms. The van der Waals surface area contributed by atoms with Crippen molar-refractivity contribution >= 4 is 17.3 Å². The number of rotatable bonds is 5. The first-order valence-electron chi connectivity index (χ1n) is 11.4. The van der Waals surface area contributed by atoms with Crippen LogP contribution in [0.15, 0.2) is 5.16 Å². The summed E-state index contributed by atoms with van der Waals surface area (Å²) in [4.78, 5) is 31.7. The van der Waals surface area contributed by atoms with Crippen LogP contribution in [0, 0.1) is 40.4 Å². The van der Waals surface area contributed by atoms with Crippen molar-refractivity contribution in [2.75, 3.05) is 19.8 Å². The zero-order valence-corrected chi connectivity index (χ0v) is 17.9. The number of hydrogen-bond donors (Lipinski definition) is 2. The summed E-state index contributed by atoms with van der Waals surface area (Å²) < 4.78 is 0. The number of nitrogens with zero attached hydrogens (tertiary/aromatic N) is 1. The molecule has 0 aromatic rings. The van der Waals surface area contributed by atoms with Gasteiger partial charge in [0.25, 0.3) is 0 Å². The van der Waals surface area contributed by atoms with Crippen LogP contribution in [0.2, 0.25) is 0 Å². The number of ketones is 2. The van der Waals surface area contributed by atoms with Gasteiger partial charge >= 0.3 is 0 Å². The first kappa shape index (κ1) is 21.0. The maximum absolute atomic E-state index is 13.6. The fourth-order valence-electron chi connectivity index (χ4n) is 7.33. The minimum atomic E-state index is -0.353. The quantitative estimate of drug-likeness (QED) is 0.542. The van der Waals surface area contributed by atoms with E-state index >= 15 is 0 Å². The van der Waals surface area contributed by atoms with Crippen molar-refractivity contribution in [1.29, 1.82) is 0 Å². The van der Waals surface area contributed by atoms with Gasteiger partial charge in [0.2, 0.25) is 0 Å². The lowest BCUT2D eigenvalue weighted by molar-refractivity contribution is -0.166. The lowest BCUT2D eigenvalue weighted by Gasteiger charge is -2.60. The average molecular weight is 405 g/mol. The molecule has 0 amide bonds. The number of hydrogen-bond acceptors (Lipinski definition) is 6. The Kier molecular flexibility index (Phi) is 5.62. The lowest BCUT2D eigenvalue weighted by atomic mass is 9.43. The molecule has 0 radical (unpaired) electrons. The number of carbonyl (C=O) groups is 2. The van der Waals surface area contributed by atoms with Gasteiger partial charge in [-0.2, -0.15) is 0 Å². The summed E-state index contributed by atoms with van der Waals surface area (Å²) in [5.74, 6) is 0.694. The van der Waals surface area contributed by atoms with Crippen molar-refractivity contribution < 1.29 is 19.5 Å². The van der Waals surface area contributed by atoms with Gasteiger partial charge in [-0.25, -0.2) is 0 Å². The largest absolute Gasteiger partial charge is 0.396 e. The summed E-state index contributed by atoms with van der Waals surface area (Å²) >= 11 is 0. The van der Waals surface area contributed by atoms with Gasteiger partial charge in [0.1, 0.15) is 18.2 Å². The van der Waals surface area contributed by atoms with Gasteiger partial charge in [0, 0.05) is 23.7 Å². The second-order valence-electron chi connectivity index (χ2n) is 10.3. The minimum Gasteiger partial charge on any atom is -0.396 e. The van der Waals surface area contributed by atoms with E-state index in [1.165, 1.54) is 0 Å². The Bertz CT molecular complexity index is 707. The second-order valence-corrected chi connectivity index (χ2v) is 10.3. The van der Waals surface area contributed by atoms with Gasteiger partial charge in [0.15, 0.2) is 0 Å². The number of aliphatic hydroxyl groups is 1. The van der Waals surface area contributed by atoms with Crippen LogP contribution in [0.1, 0.15) is 65.2 Å². The van der Waals surface area contributed by atoms with Crippen molar-refractivity contribution in [1.82, 2.24) is 0 Å². The molecule has 0 aromatic heterocycles. The SMILES string of the molecule is C[C@]12CC/C(=N/OCCCN)CC1[C@@H](CO)C(=O)[C@@H]1[C@@H]2CC[C@]2(C)C(=O)CC[C@@H]12. The van der Waals surface area contributed by atoms with E-state index in [4.69, 9.17) is 10.6 Å². The third-order valence-electron chi connectivity index (χ3n) is 9.09. The predicted molar refractivity (Wildman–Crippen MR) is 110 cm³/mol. The molecule has 6 nitrogen and oxygen atoms in total. The van der Waals surface area contributed by atoms with E-state index in [-0.39, 0.29) is 46.9 Å². The summed E-state index contributed by atoms with van der Waals surface area (Å²) in [5.41, 5.74) is 6.19. The molecule has 7 atom stereocenters. The van der Waals surface area contributed by atoms with Crippen LogP contribution < -0.4 is 5.73 Å². The lowest BCUT2D eigenvalue weighted by Crippen LogP contribution is -2.61. The highest BCUT2D eigenvalue weighted by molar-refractivity contribution is 5.93. The van der Waals surface area contributed by atoms with E-state index in [9.17, 15) is 14.7 Å². The van der Waals surface area contributed by atoms with Gasteiger partial charge in [-0.05, 0) is 74.7 Å². The number of nitrogens with two attached hydrogens (primary N) is 1. The van der Waals surface area contributed by atoms with E-state index in [0.29, 0.717) is 31.3 Å². The Hall–Kier alpha value is -1.27. The van der Waals surface area contributed by atoms with Crippen molar-refractivity contribution in [3.05, 3.63) is 0 Å². The van der Waals surface area contributed by atoms with E-state index in [1.54, 1.807) is 0 Å². The maximum Gasteiger partial charge on any atom is 0.142 e. The fourth-order valence-corrected chi connectivity index (χ4v) is 7.33. The molecular formula is C23H36N2O4. The first-order chi connectivity index (χ1) is 13.9. The van der Waals surface area contributed by atoms with Gasteiger partial charge < -0.3 is 15.7 Å². The third-order valence-corrected chi connectivity index (χ3v) is 9.09. The molecule has 4 rings (SSSR count). The molecular weight excluding hydrogens is 368 g/mol. The molecule has 3 N–H and O–H groups in total. The molecule has 4 aliphatic rings. The Morgan fingerprint density at radius 2 is 1.93 bits per heavy atom. The fraction of sp³-hybridized carbons (Fsp3) is 0.870. The Morgan fingerprint density at radius 3 is 2.66 bits per heavy atom. The third kappa shape index (κ3) is 3.18. The molecule has 0 aromatic carbocycles. The summed E-state index contributed by atoms with van der Waals surface area (Å²) in [6, 6.07) is 0. The van der Waals surface area contributed by atoms with Gasteiger partial charge in [-0.15, -0.1) is 0 Å². The first-order valence-corrected chi connectivity index (χ1v) is 11.4. The molecule has 162 valence electrons. The highest BCUT2D eigenvalue weighted by Crippen LogP contribution is 2.65. The monoisotopic (exact) mass is 404 g/mol. The summed E-state index contributed by atoms with van der Waals surface area (Å²) in [6.45, 7) is 5.40. The van der Waals surface area contributed by atoms with Crippen LogP contribution in [-0.4, -0.2) is 42.1 Å². The van der Waals surface area contributed by atoms with Gasteiger partial charge in [0.05, 0.1) is 12.3 Å². The topological polar surface area (TPSA) is 102 Å².